The molecule has 2 rings (SSSR count). The first-order chi connectivity index (χ1) is 6.75. The third-order valence-electron chi connectivity index (χ3n) is 1.66. The Morgan fingerprint density at radius 3 is 2.93 bits per heavy atom. The molecule has 2 aromatic rings. The SMILES string of the molecule is CC(N)c1noc(Cn2ccnn2)n1.Cl. The van der Waals surface area contributed by atoms with Crippen LogP contribution in [0, 0.1) is 0 Å². The second-order valence-corrected chi connectivity index (χ2v) is 2.94. The highest BCUT2D eigenvalue weighted by Crippen LogP contribution is 2.05. The maximum absolute atomic E-state index is 5.58. The van der Waals surface area contributed by atoms with Gasteiger partial charge in [-0.3, -0.25) is 0 Å². The van der Waals surface area contributed by atoms with E-state index in [1.807, 2.05) is 0 Å². The summed E-state index contributed by atoms with van der Waals surface area (Å²) in [5, 5.41) is 11.2. The molecule has 1 unspecified atom stereocenters. The molecular weight excluding hydrogens is 220 g/mol. The third kappa shape index (κ3) is 2.74. The van der Waals surface area contributed by atoms with Crippen LogP contribution in [-0.4, -0.2) is 25.1 Å². The summed E-state index contributed by atoms with van der Waals surface area (Å²) in [6, 6.07) is -0.219. The summed E-state index contributed by atoms with van der Waals surface area (Å²) in [6.07, 6.45) is 3.30. The Labute approximate surface area is 92.1 Å². The number of rotatable bonds is 3. The molecule has 2 N–H and O–H groups in total. The van der Waals surface area contributed by atoms with Crippen molar-refractivity contribution in [2.24, 2.45) is 5.73 Å². The molecule has 0 radical (unpaired) electrons. The number of hydrogen-bond donors (Lipinski definition) is 1. The molecule has 0 aliphatic rings. The maximum Gasteiger partial charge on any atom is 0.248 e. The van der Waals surface area contributed by atoms with Gasteiger partial charge in [-0.05, 0) is 6.92 Å². The minimum absolute atomic E-state index is 0. The molecule has 0 fully saturated rings. The Morgan fingerprint density at radius 1 is 1.60 bits per heavy atom. The molecule has 2 aromatic heterocycles. The lowest BCUT2D eigenvalue weighted by molar-refractivity contribution is 0.358. The quantitative estimate of drug-likeness (QED) is 0.807. The first-order valence-corrected chi connectivity index (χ1v) is 4.18. The first kappa shape index (κ1) is 11.6. The Kier molecular flexibility index (Phi) is 3.75. The molecule has 1 atom stereocenters. The van der Waals surface area contributed by atoms with Crippen molar-refractivity contribution in [2.45, 2.75) is 19.5 Å². The Hall–Kier alpha value is -1.47. The molecule has 0 saturated carbocycles. The molecule has 15 heavy (non-hydrogen) atoms. The van der Waals surface area contributed by atoms with Crippen molar-refractivity contribution < 1.29 is 4.52 Å². The molecule has 0 bridgehead atoms. The van der Waals surface area contributed by atoms with E-state index in [2.05, 4.69) is 20.5 Å². The van der Waals surface area contributed by atoms with E-state index in [-0.39, 0.29) is 18.4 Å². The molecule has 0 aliphatic carbocycles. The van der Waals surface area contributed by atoms with Gasteiger partial charge in [0.2, 0.25) is 5.89 Å². The summed E-state index contributed by atoms with van der Waals surface area (Å²) in [5.74, 6) is 0.975. The Morgan fingerprint density at radius 2 is 2.40 bits per heavy atom. The van der Waals surface area contributed by atoms with Crippen LogP contribution in [0.2, 0.25) is 0 Å². The summed E-state index contributed by atoms with van der Waals surface area (Å²) in [4.78, 5) is 4.09. The normalized spacial score (nSPS) is 12.1. The fraction of sp³-hybridized carbons (Fsp3) is 0.429. The molecule has 0 saturated heterocycles. The van der Waals surface area contributed by atoms with E-state index >= 15 is 0 Å². The topological polar surface area (TPSA) is 95.7 Å². The van der Waals surface area contributed by atoms with Crippen LogP contribution in [0.3, 0.4) is 0 Å². The van der Waals surface area contributed by atoms with Crippen LogP contribution in [0.25, 0.3) is 0 Å². The predicted octanol–water partition coefficient (Wildman–Crippen LogP) is 0.151. The van der Waals surface area contributed by atoms with Crippen molar-refractivity contribution in [1.29, 1.82) is 0 Å². The number of aromatic nitrogens is 5. The van der Waals surface area contributed by atoms with Crippen molar-refractivity contribution in [3.63, 3.8) is 0 Å². The average molecular weight is 231 g/mol. The van der Waals surface area contributed by atoms with Crippen molar-refractivity contribution in [2.75, 3.05) is 0 Å². The van der Waals surface area contributed by atoms with Crippen LogP contribution < -0.4 is 5.73 Å². The van der Waals surface area contributed by atoms with Crippen LogP contribution in [-0.2, 0) is 6.54 Å². The Bertz CT molecular complexity index is 397. The molecule has 7 nitrogen and oxygen atoms in total. The number of halogens is 1. The van der Waals surface area contributed by atoms with Gasteiger partial charge in [0.15, 0.2) is 5.82 Å². The van der Waals surface area contributed by atoms with Gasteiger partial charge in [0.1, 0.15) is 6.54 Å². The zero-order chi connectivity index (χ0) is 9.97. The first-order valence-electron chi connectivity index (χ1n) is 4.18. The summed E-state index contributed by atoms with van der Waals surface area (Å²) in [6.45, 7) is 2.21. The van der Waals surface area contributed by atoms with Gasteiger partial charge in [0.05, 0.1) is 12.2 Å². The van der Waals surface area contributed by atoms with Crippen molar-refractivity contribution in [3.8, 4) is 0 Å². The van der Waals surface area contributed by atoms with E-state index in [0.29, 0.717) is 18.3 Å². The van der Waals surface area contributed by atoms with Crippen molar-refractivity contribution in [3.05, 3.63) is 24.1 Å². The van der Waals surface area contributed by atoms with Crippen molar-refractivity contribution >= 4 is 12.4 Å². The van der Waals surface area contributed by atoms with Crippen LogP contribution in [0.4, 0.5) is 0 Å². The van der Waals surface area contributed by atoms with Crippen LogP contribution in [0.5, 0.6) is 0 Å². The summed E-state index contributed by atoms with van der Waals surface area (Å²) in [7, 11) is 0. The smallest absolute Gasteiger partial charge is 0.248 e. The van der Waals surface area contributed by atoms with Crippen molar-refractivity contribution in [1.82, 2.24) is 25.1 Å². The highest BCUT2D eigenvalue weighted by atomic mass is 35.5. The lowest BCUT2D eigenvalue weighted by Crippen LogP contribution is -2.07. The Balaban J connectivity index is 0.00000112. The van der Waals surface area contributed by atoms with E-state index in [4.69, 9.17) is 10.3 Å². The van der Waals surface area contributed by atoms with E-state index in [1.165, 1.54) is 0 Å². The highest BCUT2D eigenvalue weighted by Gasteiger charge is 2.09. The van der Waals surface area contributed by atoms with Gasteiger partial charge in [-0.1, -0.05) is 10.4 Å². The van der Waals surface area contributed by atoms with Gasteiger partial charge in [-0.25, -0.2) is 4.68 Å². The van der Waals surface area contributed by atoms with Gasteiger partial charge in [0.25, 0.3) is 0 Å². The minimum Gasteiger partial charge on any atom is -0.337 e. The second-order valence-electron chi connectivity index (χ2n) is 2.94. The molecule has 0 spiro atoms. The second kappa shape index (κ2) is 4.85. The van der Waals surface area contributed by atoms with Crippen LogP contribution in [0.1, 0.15) is 24.7 Å². The third-order valence-corrected chi connectivity index (χ3v) is 1.66. The molecular formula is C7H11ClN6O. The number of hydrogen-bond acceptors (Lipinski definition) is 6. The summed E-state index contributed by atoms with van der Waals surface area (Å²) >= 11 is 0. The molecule has 82 valence electrons. The highest BCUT2D eigenvalue weighted by molar-refractivity contribution is 5.85. The van der Waals surface area contributed by atoms with Gasteiger partial charge >= 0.3 is 0 Å². The minimum atomic E-state index is -0.219. The largest absolute Gasteiger partial charge is 0.337 e. The molecule has 0 amide bonds. The van der Waals surface area contributed by atoms with Crippen LogP contribution >= 0.6 is 12.4 Å². The van der Waals surface area contributed by atoms with Gasteiger partial charge in [-0.15, -0.1) is 17.5 Å². The van der Waals surface area contributed by atoms with Gasteiger partial charge < -0.3 is 10.3 Å². The zero-order valence-electron chi connectivity index (χ0n) is 8.07. The number of nitrogens with two attached hydrogens (primary N) is 1. The fourth-order valence-corrected chi connectivity index (χ4v) is 0.973. The van der Waals surface area contributed by atoms with E-state index < -0.39 is 0 Å². The molecule has 0 aliphatic heterocycles. The van der Waals surface area contributed by atoms with E-state index in [0.717, 1.165) is 0 Å². The van der Waals surface area contributed by atoms with E-state index in [9.17, 15) is 0 Å². The lowest BCUT2D eigenvalue weighted by Gasteiger charge is -1.93. The average Bonchev–Trinajstić information content (AvgIpc) is 2.75. The monoisotopic (exact) mass is 230 g/mol. The van der Waals surface area contributed by atoms with Gasteiger partial charge in [0, 0.05) is 6.20 Å². The van der Waals surface area contributed by atoms with Gasteiger partial charge in [-0.2, -0.15) is 4.98 Å². The fourth-order valence-electron chi connectivity index (χ4n) is 0.973. The molecule has 2 heterocycles. The van der Waals surface area contributed by atoms with E-state index in [1.54, 1.807) is 24.0 Å². The maximum atomic E-state index is 5.58. The summed E-state index contributed by atoms with van der Waals surface area (Å²) in [5.41, 5.74) is 5.58. The standard InChI is InChI=1S/C7H10N6O.ClH/c1-5(8)7-10-6(14-11-7)4-13-3-2-9-12-13;/h2-3,5H,4,8H2,1H3;1H. The lowest BCUT2D eigenvalue weighted by atomic mass is 10.3. The molecule has 0 aromatic carbocycles. The zero-order valence-corrected chi connectivity index (χ0v) is 8.89. The number of nitrogens with zero attached hydrogens (tertiary/aromatic N) is 5. The molecule has 8 heteroatoms. The summed E-state index contributed by atoms with van der Waals surface area (Å²) < 4.78 is 6.57. The predicted molar refractivity (Wildman–Crippen MR) is 53.3 cm³/mol. The van der Waals surface area contributed by atoms with Crippen LogP contribution in [0.15, 0.2) is 16.9 Å².